The quantitative estimate of drug-likeness (QED) is 0.710. The number of hydrogen-bond donors (Lipinski definition) is 0. The zero-order chi connectivity index (χ0) is 11.1. The predicted octanol–water partition coefficient (Wildman–Crippen LogP) is 3.70. The molecule has 80 valence electrons. The summed E-state index contributed by atoms with van der Waals surface area (Å²) in [6.45, 7) is 7.73. The Hall–Kier alpha value is -1.12. The van der Waals surface area contributed by atoms with Crippen LogP contribution in [0.3, 0.4) is 0 Å². The van der Waals surface area contributed by atoms with Gasteiger partial charge in [-0.2, -0.15) is 0 Å². The van der Waals surface area contributed by atoms with Gasteiger partial charge in [0.15, 0.2) is 0 Å². The summed E-state index contributed by atoms with van der Waals surface area (Å²) in [4.78, 5) is 0. The first-order valence-corrected chi connectivity index (χ1v) is 4.73. The summed E-state index contributed by atoms with van der Waals surface area (Å²) in [5, 5.41) is 0. The highest BCUT2D eigenvalue weighted by Crippen LogP contribution is 2.21. The van der Waals surface area contributed by atoms with Gasteiger partial charge in [-0.05, 0) is 13.8 Å². The van der Waals surface area contributed by atoms with E-state index in [1.807, 2.05) is 13.8 Å². The molecule has 1 aromatic carbocycles. The molecule has 14 heavy (non-hydrogen) atoms. The van der Waals surface area contributed by atoms with Crippen LogP contribution in [-0.2, 0) is 0 Å². The van der Waals surface area contributed by atoms with Crippen molar-refractivity contribution in [2.75, 3.05) is 6.61 Å². The molecule has 0 aliphatic rings. The second kappa shape index (κ2) is 6.35. The lowest BCUT2D eigenvalue weighted by Gasteiger charge is -2.06. The SMILES string of the molecule is CC.CCOc1cc(F)cc(F)c1C. The van der Waals surface area contributed by atoms with E-state index in [0.717, 1.165) is 6.07 Å². The third kappa shape index (κ3) is 3.32. The summed E-state index contributed by atoms with van der Waals surface area (Å²) in [6, 6.07) is 2.03. The zero-order valence-corrected chi connectivity index (χ0v) is 9.03. The molecular formula is C11H16F2O. The van der Waals surface area contributed by atoms with Gasteiger partial charge in [-0.15, -0.1) is 0 Å². The van der Waals surface area contributed by atoms with Crippen molar-refractivity contribution in [2.24, 2.45) is 0 Å². The van der Waals surface area contributed by atoms with E-state index < -0.39 is 11.6 Å². The lowest BCUT2D eigenvalue weighted by Crippen LogP contribution is -1.97. The number of halogens is 2. The molecule has 0 bridgehead atoms. The molecule has 0 N–H and O–H groups in total. The van der Waals surface area contributed by atoms with Crippen LogP contribution in [0.15, 0.2) is 12.1 Å². The Morgan fingerprint density at radius 1 is 1.21 bits per heavy atom. The van der Waals surface area contributed by atoms with Crippen molar-refractivity contribution >= 4 is 0 Å². The van der Waals surface area contributed by atoms with Gasteiger partial charge in [-0.25, -0.2) is 8.78 Å². The molecule has 0 heterocycles. The fourth-order valence-electron chi connectivity index (χ4n) is 0.928. The highest BCUT2D eigenvalue weighted by atomic mass is 19.1. The van der Waals surface area contributed by atoms with Gasteiger partial charge in [0.25, 0.3) is 0 Å². The molecule has 0 unspecified atom stereocenters. The molecule has 0 aliphatic carbocycles. The van der Waals surface area contributed by atoms with Crippen molar-refractivity contribution in [3.05, 3.63) is 29.3 Å². The standard InChI is InChI=1S/C9H10F2O.C2H6/c1-3-12-9-5-7(10)4-8(11)6(9)2;1-2/h4-5H,3H2,1-2H3;1-2H3. The first-order valence-electron chi connectivity index (χ1n) is 4.73. The topological polar surface area (TPSA) is 9.23 Å². The first kappa shape index (κ1) is 12.9. The van der Waals surface area contributed by atoms with Gasteiger partial charge in [-0.1, -0.05) is 13.8 Å². The molecule has 0 amide bonds. The fraction of sp³-hybridized carbons (Fsp3) is 0.455. The van der Waals surface area contributed by atoms with Gasteiger partial charge in [0.2, 0.25) is 0 Å². The Labute approximate surface area is 83.7 Å². The molecule has 0 fully saturated rings. The number of rotatable bonds is 2. The highest BCUT2D eigenvalue weighted by Gasteiger charge is 2.06. The van der Waals surface area contributed by atoms with E-state index in [1.54, 1.807) is 13.8 Å². The third-order valence-electron chi connectivity index (χ3n) is 1.56. The molecular weight excluding hydrogens is 186 g/mol. The zero-order valence-electron chi connectivity index (χ0n) is 9.03. The normalized spacial score (nSPS) is 9.00. The number of benzene rings is 1. The highest BCUT2D eigenvalue weighted by molar-refractivity contribution is 5.33. The Balaban J connectivity index is 0.000000791. The Bertz CT molecular complexity index is 285. The first-order chi connectivity index (χ1) is 6.65. The smallest absolute Gasteiger partial charge is 0.132 e. The summed E-state index contributed by atoms with van der Waals surface area (Å²) in [5.41, 5.74) is 0.346. The summed E-state index contributed by atoms with van der Waals surface area (Å²) in [6.07, 6.45) is 0. The summed E-state index contributed by atoms with van der Waals surface area (Å²) >= 11 is 0. The van der Waals surface area contributed by atoms with E-state index in [1.165, 1.54) is 6.07 Å². The van der Waals surface area contributed by atoms with Crippen molar-refractivity contribution < 1.29 is 13.5 Å². The maximum Gasteiger partial charge on any atom is 0.132 e. The molecule has 0 saturated carbocycles. The van der Waals surface area contributed by atoms with Crippen LogP contribution in [0.4, 0.5) is 8.78 Å². The van der Waals surface area contributed by atoms with Crippen LogP contribution >= 0.6 is 0 Å². The second-order valence-electron chi connectivity index (χ2n) is 2.44. The van der Waals surface area contributed by atoms with E-state index in [4.69, 9.17) is 4.74 Å². The van der Waals surface area contributed by atoms with Crippen molar-refractivity contribution in [3.8, 4) is 5.75 Å². The summed E-state index contributed by atoms with van der Waals surface area (Å²) < 4.78 is 30.5. The van der Waals surface area contributed by atoms with E-state index in [-0.39, 0.29) is 5.75 Å². The van der Waals surface area contributed by atoms with Crippen LogP contribution < -0.4 is 4.74 Å². The molecule has 1 nitrogen and oxygen atoms in total. The molecule has 0 radical (unpaired) electrons. The van der Waals surface area contributed by atoms with Gasteiger partial charge in [-0.3, -0.25) is 0 Å². The van der Waals surface area contributed by atoms with Gasteiger partial charge in [0.1, 0.15) is 17.4 Å². The van der Waals surface area contributed by atoms with Crippen LogP contribution in [0.25, 0.3) is 0 Å². The third-order valence-corrected chi connectivity index (χ3v) is 1.56. The van der Waals surface area contributed by atoms with Crippen LogP contribution in [0.5, 0.6) is 5.75 Å². The minimum Gasteiger partial charge on any atom is -0.493 e. The number of hydrogen-bond acceptors (Lipinski definition) is 1. The van der Waals surface area contributed by atoms with E-state index in [9.17, 15) is 8.78 Å². The second-order valence-corrected chi connectivity index (χ2v) is 2.44. The minimum absolute atomic E-state index is 0.273. The van der Waals surface area contributed by atoms with Crippen molar-refractivity contribution in [2.45, 2.75) is 27.7 Å². The average Bonchev–Trinajstić information content (AvgIpc) is 2.17. The van der Waals surface area contributed by atoms with Gasteiger partial charge in [0, 0.05) is 17.7 Å². The van der Waals surface area contributed by atoms with E-state index in [0.29, 0.717) is 12.2 Å². The fourth-order valence-corrected chi connectivity index (χ4v) is 0.928. The lowest BCUT2D eigenvalue weighted by molar-refractivity contribution is 0.333. The van der Waals surface area contributed by atoms with E-state index in [2.05, 4.69) is 0 Å². The Morgan fingerprint density at radius 2 is 1.79 bits per heavy atom. The number of ether oxygens (including phenoxy) is 1. The molecule has 0 saturated heterocycles. The predicted molar refractivity (Wildman–Crippen MR) is 53.6 cm³/mol. The molecule has 0 spiro atoms. The Kier molecular flexibility index (Phi) is 5.84. The van der Waals surface area contributed by atoms with Crippen LogP contribution in [0.2, 0.25) is 0 Å². The summed E-state index contributed by atoms with van der Waals surface area (Å²) in [5.74, 6) is -0.907. The Morgan fingerprint density at radius 3 is 2.29 bits per heavy atom. The van der Waals surface area contributed by atoms with Crippen molar-refractivity contribution in [3.63, 3.8) is 0 Å². The summed E-state index contributed by atoms with van der Waals surface area (Å²) in [7, 11) is 0. The maximum atomic E-state index is 12.8. The van der Waals surface area contributed by atoms with Crippen LogP contribution in [-0.4, -0.2) is 6.61 Å². The van der Waals surface area contributed by atoms with Crippen molar-refractivity contribution in [1.29, 1.82) is 0 Å². The molecule has 1 aromatic rings. The minimum atomic E-state index is -0.610. The molecule has 3 heteroatoms. The largest absolute Gasteiger partial charge is 0.493 e. The van der Waals surface area contributed by atoms with Crippen LogP contribution in [0.1, 0.15) is 26.3 Å². The van der Waals surface area contributed by atoms with Crippen molar-refractivity contribution in [1.82, 2.24) is 0 Å². The average molecular weight is 202 g/mol. The van der Waals surface area contributed by atoms with Crippen LogP contribution in [0, 0.1) is 18.6 Å². The maximum absolute atomic E-state index is 12.8. The van der Waals surface area contributed by atoms with Gasteiger partial charge in [0.05, 0.1) is 6.61 Å². The monoisotopic (exact) mass is 202 g/mol. The molecule has 1 rings (SSSR count). The molecule has 0 aliphatic heterocycles. The lowest BCUT2D eigenvalue weighted by atomic mass is 10.2. The molecule has 0 atom stereocenters. The van der Waals surface area contributed by atoms with Gasteiger partial charge < -0.3 is 4.74 Å². The van der Waals surface area contributed by atoms with Gasteiger partial charge >= 0.3 is 0 Å². The van der Waals surface area contributed by atoms with E-state index >= 15 is 0 Å². The molecule has 0 aromatic heterocycles.